The lowest BCUT2D eigenvalue weighted by Crippen LogP contribution is -2.29. The molecule has 120 valence electrons. The Bertz CT molecular complexity index is 777. The van der Waals surface area contributed by atoms with E-state index in [0.29, 0.717) is 18.1 Å². The highest BCUT2D eigenvalue weighted by Crippen LogP contribution is 2.34. The van der Waals surface area contributed by atoms with Crippen molar-refractivity contribution in [2.24, 2.45) is 0 Å². The van der Waals surface area contributed by atoms with E-state index in [1.54, 1.807) is 18.2 Å². The Kier molecular flexibility index (Phi) is 3.98. The minimum atomic E-state index is -1.24. The van der Waals surface area contributed by atoms with Crippen LogP contribution in [0.3, 0.4) is 0 Å². The van der Waals surface area contributed by atoms with Crippen molar-refractivity contribution in [3.05, 3.63) is 58.9 Å². The predicted molar refractivity (Wildman–Crippen MR) is 78.6 cm³/mol. The van der Waals surface area contributed by atoms with Crippen molar-refractivity contribution in [1.29, 1.82) is 0 Å². The minimum Gasteiger partial charge on any atom is -0.465 e. The van der Waals surface area contributed by atoms with Crippen LogP contribution in [0.25, 0.3) is 11.1 Å². The van der Waals surface area contributed by atoms with Gasteiger partial charge in [-0.1, -0.05) is 12.1 Å². The molecular formula is C17H14F3NO2. The molecule has 1 atom stereocenters. The van der Waals surface area contributed by atoms with Crippen LogP contribution in [0.15, 0.2) is 30.3 Å². The summed E-state index contributed by atoms with van der Waals surface area (Å²) in [5.41, 5.74) is 2.06. The summed E-state index contributed by atoms with van der Waals surface area (Å²) in [5, 5.41) is 11.4. The van der Waals surface area contributed by atoms with Crippen molar-refractivity contribution in [3.8, 4) is 11.1 Å². The molecule has 0 radical (unpaired) electrons. The fourth-order valence-corrected chi connectivity index (χ4v) is 3.01. The second-order valence-corrected chi connectivity index (χ2v) is 5.55. The zero-order chi connectivity index (χ0) is 16.6. The molecule has 0 saturated heterocycles. The molecule has 0 heterocycles. The molecule has 2 aromatic carbocycles. The van der Waals surface area contributed by atoms with E-state index < -0.39 is 23.5 Å². The van der Waals surface area contributed by atoms with Crippen molar-refractivity contribution in [3.63, 3.8) is 0 Å². The fraction of sp³-hybridized carbons (Fsp3) is 0.235. The third kappa shape index (κ3) is 3.02. The molecule has 2 aromatic rings. The van der Waals surface area contributed by atoms with Crippen molar-refractivity contribution in [2.75, 3.05) is 0 Å². The van der Waals surface area contributed by atoms with Gasteiger partial charge in [0.1, 0.15) is 5.82 Å². The fourth-order valence-electron chi connectivity index (χ4n) is 3.01. The van der Waals surface area contributed by atoms with Gasteiger partial charge in [-0.15, -0.1) is 0 Å². The van der Waals surface area contributed by atoms with E-state index >= 15 is 0 Å². The summed E-state index contributed by atoms with van der Waals surface area (Å²) in [4.78, 5) is 10.9. The summed E-state index contributed by atoms with van der Waals surface area (Å²) < 4.78 is 40.4. The highest BCUT2D eigenvalue weighted by atomic mass is 19.2. The number of rotatable bonds is 2. The summed E-state index contributed by atoms with van der Waals surface area (Å²) in [6, 6.07) is 6.00. The summed E-state index contributed by atoms with van der Waals surface area (Å²) >= 11 is 0. The molecule has 6 heteroatoms. The number of nitrogens with one attached hydrogen (secondary N) is 1. The number of hydrogen-bond donors (Lipinski definition) is 2. The van der Waals surface area contributed by atoms with Crippen LogP contribution in [0, 0.1) is 17.5 Å². The van der Waals surface area contributed by atoms with Crippen molar-refractivity contribution < 1.29 is 23.1 Å². The molecular weight excluding hydrogens is 307 g/mol. The molecule has 1 unspecified atom stereocenters. The van der Waals surface area contributed by atoms with Gasteiger partial charge in [0.2, 0.25) is 0 Å². The maximum Gasteiger partial charge on any atom is 0.405 e. The van der Waals surface area contributed by atoms with E-state index in [2.05, 4.69) is 5.32 Å². The molecule has 1 aliphatic carbocycles. The smallest absolute Gasteiger partial charge is 0.405 e. The lowest BCUT2D eigenvalue weighted by atomic mass is 9.85. The van der Waals surface area contributed by atoms with Gasteiger partial charge < -0.3 is 10.4 Å². The summed E-state index contributed by atoms with van der Waals surface area (Å²) in [7, 11) is 0. The van der Waals surface area contributed by atoms with Crippen LogP contribution in [-0.4, -0.2) is 11.2 Å². The molecule has 0 bridgehead atoms. The normalized spacial score (nSPS) is 16.7. The van der Waals surface area contributed by atoms with E-state index in [4.69, 9.17) is 5.11 Å². The SMILES string of the molecule is O=C(O)NC1CCCc2ccc(-c3cc(F)c(F)cc3F)cc21. The standard InChI is InChI=1S/C17H14F3NO2/c18-13-8-15(20)14(19)7-11(13)10-5-4-9-2-1-3-16(12(9)6-10)21-17(22)23/h4-8,16,21H,1-3H2,(H,22,23). The zero-order valence-electron chi connectivity index (χ0n) is 12.1. The minimum absolute atomic E-state index is 0.0497. The Morgan fingerprint density at radius 2 is 1.83 bits per heavy atom. The molecule has 2 N–H and O–H groups in total. The predicted octanol–water partition coefficient (Wildman–Crippen LogP) is 4.42. The molecule has 0 aliphatic heterocycles. The van der Waals surface area contributed by atoms with Gasteiger partial charge in [0, 0.05) is 11.6 Å². The molecule has 23 heavy (non-hydrogen) atoms. The van der Waals surface area contributed by atoms with Gasteiger partial charge in [-0.05, 0) is 48.1 Å². The quantitative estimate of drug-likeness (QED) is 0.805. The van der Waals surface area contributed by atoms with E-state index in [1.165, 1.54) is 0 Å². The number of carboxylic acid groups (broad SMARTS) is 1. The number of halogens is 3. The Morgan fingerprint density at radius 3 is 2.57 bits per heavy atom. The van der Waals surface area contributed by atoms with Gasteiger partial charge in [0.25, 0.3) is 0 Å². The van der Waals surface area contributed by atoms with Crippen LogP contribution in [0.2, 0.25) is 0 Å². The molecule has 3 rings (SSSR count). The van der Waals surface area contributed by atoms with Crippen molar-refractivity contribution >= 4 is 6.09 Å². The van der Waals surface area contributed by atoms with Crippen LogP contribution in [0.1, 0.15) is 30.0 Å². The average Bonchev–Trinajstić information content (AvgIpc) is 2.50. The Balaban J connectivity index is 2.06. The Hall–Kier alpha value is -2.50. The highest BCUT2D eigenvalue weighted by Gasteiger charge is 2.23. The molecule has 0 saturated carbocycles. The first-order valence-corrected chi connectivity index (χ1v) is 7.23. The maximum atomic E-state index is 13.9. The number of carbonyl (C=O) groups is 1. The first-order chi connectivity index (χ1) is 11.0. The number of hydrogen-bond acceptors (Lipinski definition) is 1. The number of amides is 1. The van der Waals surface area contributed by atoms with Gasteiger partial charge in [0.15, 0.2) is 11.6 Å². The van der Waals surface area contributed by atoms with Gasteiger partial charge in [-0.3, -0.25) is 0 Å². The van der Waals surface area contributed by atoms with Gasteiger partial charge in [0.05, 0.1) is 6.04 Å². The van der Waals surface area contributed by atoms with E-state index in [1.807, 2.05) is 0 Å². The lowest BCUT2D eigenvalue weighted by molar-refractivity contribution is 0.188. The summed E-state index contributed by atoms with van der Waals surface area (Å²) in [6.07, 6.45) is 1.15. The topological polar surface area (TPSA) is 49.3 Å². The third-order valence-electron chi connectivity index (χ3n) is 4.08. The first-order valence-electron chi connectivity index (χ1n) is 7.23. The maximum absolute atomic E-state index is 13.9. The van der Waals surface area contributed by atoms with E-state index in [-0.39, 0.29) is 11.6 Å². The van der Waals surface area contributed by atoms with E-state index in [9.17, 15) is 18.0 Å². The zero-order valence-corrected chi connectivity index (χ0v) is 12.1. The second-order valence-electron chi connectivity index (χ2n) is 5.55. The van der Waals surface area contributed by atoms with Crippen LogP contribution in [0.4, 0.5) is 18.0 Å². The highest BCUT2D eigenvalue weighted by molar-refractivity contribution is 5.68. The first kappa shape index (κ1) is 15.4. The van der Waals surface area contributed by atoms with Gasteiger partial charge >= 0.3 is 6.09 Å². The van der Waals surface area contributed by atoms with Gasteiger partial charge in [-0.2, -0.15) is 0 Å². The molecule has 0 aromatic heterocycles. The number of fused-ring (bicyclic) bond motifs is 1. The average molecular weight is 321 g/mol. The number of benzene rings is 2. The molecule has 0 fully saturated rings. The largest absolute Gasteiger partial charge is 0.465 e. The molecule has 0 spiro atoms. The van der Waals surface area contributed by atoms with Crippen LogP contribution in [0.5, 0.6) is 0 Å². The lowest BCUT2D eigenvalue weighted by Gasteiger charge is -2.26. The second kappa shape index (κ2) is 5.95. The molecule has 1 amide bonds. The Labute approximate surface area is 130 Å². The summed E-state index contributed by atoms with van der Waals surface area (Å²) in [5.74, 6) is -3.23. The van der Waals surface area contributed by atoms with Crippen molar-refractivity contribution in [1.82, 2.24) is 5.32 Å². The third-order valence-corrected chi connectivity index (χ3v) is 4.08. The summed E-state index contributed by atoms with van der Waals surface area (Å²) in [6.45, 7) is 0. The van der Waals surface area contributed by atoms with E-state index in [0.717, 1.165) is 30.0 Å². The van der Waals surface area contributed by atoms with Crippen LogP contribution < -0.4 is 5.32 Å². The molecule has 1 aliphatic rings. The Morgan fingerprint density at radius 1 is 1.09 bits per heavy atom. The van der Waals surface area contributed by atoms with Crippen LogP contribution >= 0.6 is 0 Å². The van der Waals surface area contributed by atoms with Gasteiger partial charge in [-0.25, -0.2) is 18.0 Å². The number of aryl methyl sites for hydroxylation is 1. The molecule has 3 nitrogen and oxygen atoms in total. The van der Waals surface area contributed by atoms with Crippen LogP contribution in [-0.2, 0) is 6.42 Å². The monoisotopic (exact) mass is 321 g/mol. The van der Waals surface area contributed by atoms with Crippen molar-refractivity contribution in [2.45, 2.75) is 25.3 Å².